The van der Waals surface area contributed by atoms with Gasteiger partial charge < -0.3 is 43.6 Å². The maximum Gasteiger partial charge on any atom is 0.449 e. The van der Waals surface area contributed by atoms with Gasteiger partial charge >= 0.3 is 6.18 Å². The summed E-state index contributed by atoms with van der Waals surface area (Å²) in [6.07, 6.45) is -8.31. The summed E-state index contributed by atoms with van der Waals surface area (Å²) in [6, 6.07) is 0. The summed E-state index contributed by atoms with van der Waals surface area (Å²) >= 11 is 0. The maximum absolute atomic E-state index is 12.9. The van der Waals surface area contributed by atoms with Crippen molar-refractivity contribution in [2.45, 2.75) is 56.3 Å². The van der Waals surface area contributed by atoms with Gasteiger partial charge in [-0.25, -0.2) is 0 Å². The molecule has 3 fully saturated rings. The fraction of sp³-hybridized carbons (Fsp3) is 0.952. The number of ether oxygens (including phenoxy) is 8. The predicted octanol–water partition coefficient (Wildman–Crippen LogP) is 0.795. The van der Waals surface area contributed by atoms with E-state index in [1.165, 1.54) is 0 Å². The minimum atomic E-state index is -4.94. The lowest BCUT2D eigenvalue weighted by atomic mass is 9.82. The molecule has 0 amide bonds. The SMILES string of the molecule is CC1(C)O[C@@H]2[C@@H](CC(=O)C(F)(F)F)[C@H]3OC[C@](COCCOCCOCCOCCN)(O3)[C@@H]2O1. The van der Waals surface area contributed by atoms with E-state index in [0.29, 0.717) is 46.2 Å². The van der Waals surface area contributed by atoms with Gasteiger partial charge in [-0.3, -0.25) is 4.79 Å². The Hall–Kier alpha value is -0.900. The smallest absolute Gasteiger partial charge is 0.378 e. The number of carbonyl (C=O) groups excluding carboxylic acids is 1. The molecule has 3 aliphatic rings. The molecular formula is C21H34F3NO9. The van der Waals surface area contributed by atoms with Crippen molar-refractivity contribution in [2.75, 3.05) is 66.0 Å². The van der Waals surface area contributed by atoms with E-state index in [4.69, 9.17) is 43.6 Å². The van der Waals surface area contributed by atoms with Crippen LogP contribution in [0.1, 0.15) is 20.3 Å². The van der Waals surface area contributed by atoms with Crippen LogP contribution in [0.25, 0.3) is 0 Å². The van der Waals surface area contributed by atoms with Gasteiger partial charge in [0.2, 0.25) is 5.78 Å². The highest BCUT2D eigenvalue weighted by atomic mass is 19.4. The Labute approximate surface area is 196 Å². The molecule has 198 valence electrons. The van der Waals surface area contributed by atoms with Crippen LogP contribution in [0.2, 0.25) is 0 Å². The molecule has 0 aromatic rings. The van der Waals surface area contributed by atoms with Gasteiger partial charge in [-0.15, -0.1) is 0 Å². The molecule has 3 heterocycles. The van der Waals surface area contributed by atoms with E-state index in [2.05, 4.69) is 0 Å². The van der Waals surface area contributed by atoms with Crippen LogP contribution < -0.4 is 5.73 Å². The molecule has 0 aliphatic carbocycles. The number of hydrogen-bond donors (Lipinski definition) is 1. The zero-order valence-corrected chi connectivity index (χ0v) is 19.5. The Morgan fingerprint density at radius 1 is 0.941 bits per heavy atom. The molecule has 2 N–H and O–H groups in total. The van der Waals surface area contributed by atoms with E-state index in [1.54, 1.807) is 13.8 Å². The van der Waals surface area contributed by atoms with Crippen LogP contribution in [-0.4, -0.2) is 108 Å². The first-order valence-electron chi connectivity index (χ1n) is 11.3. The first-order chi connectivity index (χ1) is 16.1. The van der Waals surface area contributed by atoms with Crippen LogP contribution in [0.3, 0.4) is 0 Å². The fourth-order valence-electron chi connectivity index (χ4n) is 4.23. The molecule has 10 nitrogen and oxygen atoms in total. The first-order valence-corrected chi connectivity index (χ1v) is 11.3. The number of alkyl halides is 3. The summed E-state index contributed by atoms with van der Waals surface area (Å²) in [4.78, 5) is 11.6. The van der Waals surface area contributed by atoms with Crippen LogP contribution in [0.15, 0.2) is 0 Å². The molecule has 0 radical (unpaired) electrons. The number of carbonyl (C=O) groups is 1. The highest BCUT2D eigenvalue weighted by molar-refractivity contribution is 5.84. The average molecular weight is 501 g/mol. The average Bonchev–Trinajstić information content (AvgIpc) is 3.31. The molecule has 3 rings (SSSR count). The second kappa shape index (κ2) is 11.9. The number of halogens is 3. The molecule has 0 spiro atoms. The lowest BCUT2D eigenvalue weighted by Gasteiger charge is -2.42. The Kier molecular flexibility index (Phi) is 9.68. The number of hydrogen-bond acceptors (Lipinski definition) is 10. The summed E-state index contributed by atoms with van der Waals surface area (Å²) in [5, 5.41) is 0. The normalized spacial score (nSPS) is 32.2. The summed E-state index contributed by atoms with van der Waals surface area (Å²) in [7, 11) is 0. The monoisotopic (exact) mass is 501 g/mol. The number of rotatable bonds is 15. The van der Waals surface area contributed by atoms with Crippen LogP contribution in [0, 0.1) is 5.92 Å². The van der Waals surface area contributed by atoms with Gasteiger partial charge in [0.25, 0.3) is 0 Å². The topological polar surface area (TPSA) is 117 Å². The molecule has 3 saturated heterocycles. The van der Waals surface area contributed by atoms with Crippen LogP contribution in [0.4, 0.5) is 13.2 Å². The zero-order valence-electron chi connectivity index (χ0n) is 19.5. The van der Waals surface area contributed by atoms with Crippen molar-refractivity contribution in [1.29, 1.82) is 0 Å². The maximum atomic E-state index is 12.9. The van der Waals surface area contributed by atoms with Crippen molar-refractivity contribution in [3.63, 3.8) is 0 Å². The number of fused-ring (bicyclic) bond motifs is 4. The fourth-order valence-corrected chi connectivity index (χ4v) is 4.23. The van der Waals surface area contributed by atoms with E-state index in [0.717, 1.165) is 0 Å². The molecule has 0 aromatic heterocycles. The Bertz CT molecular complexity index is 666. The van der Waals surface area contributed by atoms with Gasteiger partial charge in [0.15, 0.2) is 12.1 Å². The van der Waals surface area contributed by atoms with E-state index in [-0.39, 0.29) is 19.8 Å². The van der Waals surface area contributed by atoms with Gasteiger partial charge in [-0.05, 0) is 13.8 Å². The predicted molar refractivity (Wildman–Crippen MR) is 109 cm³/mol. The Balaban J connectivity index is 1.43. The third-order valence-electron chi connectivity index (χ3n) is 5.72. The van der Waals surface area contributed by atoms with Crippen molar-refractivity contribution in [1.82, 2.24) is 0 Å². The Morgan fingerprint density at radius 2 is 1.53 bits per heavy atom. The quantitative estimate of drug-likeness (QED) is 0.323. The van der Waals surface area contributed by atoms with Crippen LogP contribution >= 0.6 is 0 Å². The standard InChI is InChI=1S/C21H34F3NO9/c1-19(2)32-16-14(11-15(26)21(22,23)24)18-31-13-20(34-18,17(16)33-19)12-30-10-9-29-8-7-28-6-5-27-4-3-25/h14,16-18H,3-13,25H2,1-2H3/t14-,16-,17-,18+,20+/m1/s1. The van der Waals surface area contributed by atoms with Crippen molar-refractivity contribution in [2.24, 2.45) is 11.7 Å². The minimum absolute atomic E-state index is 0.0515. The molecule has 3 aliphatic heterocycles. The summed E-state index contributed by atoms with van der Waals surface area (Å²) in [5.74, 6) is -3.84. The molecule has 2 bridgehead atoms. The summed E-state index contributed by atoms with van der Waals surface area (Å²) in [5.41, 5.74) is 4.27. The largest absolute Gasteiger partial charge is 0.449 e. The molecule has 34 heavy (non-hydrogen) atoms. The molecule has 0 saturated carbocycles. The van der Waals surface area contributed by atoms with Gasteiger partial charge in [0, 0.05) is 18.9 Å². The minimum Gasteiger partial charge on any atom is -0.378 e. The van der Waals surface area contributed by atoms with E-state index >= 15 is 0 Å². The highest BCUT2D eigenvalue weighted by Crippen LogP contribution is 2.50. The number of Topliss-reactive ketones (excluding diaryl/α,β-unsaturated/α-hetero) is 1. The number of ketones is 1. The van der Waals surface area contributed by atoms with Gasteiger partial charge in [0.1, 0.15) is 11.7 Å². The molecular weight excluding hydrogens is 467 g/mol. The molecule has 0 aromatic carbocycles. The van der Waals surface area contributed by atoms with Gasteiger partial charge in [-0.1, -0.05) is 0 Å². The molecule has 13 heteroatoms. The third kappa shape index (κ3) is 7.08. The van der Waals surface area contributed by atoms with Gasteiger partial charge in [0.05, 0.1) is 65.6 Å². The van der Waals surface area contributed by atoms with Gasteiger partial charge in [-0.2, -0.15) is 13.2 Å². The lowest BCUT2D eigenvalue weighted by Crippen LogP contribution is -2.60. The van der Waals surface area contributed by atoms with E-state index in [1.807, 2.05) is 0 Å². The zero-order chi connectivity index (χ0) is 24.8. The second-order valence-corrected chi connectivity index (χ2v) is 8.85. The van der Waals surface area contributed by atoms with E-state index < -0.39 is 54.2 Å². The van der Waals surface area contributed by atoms with Crippen molar-refractivity contribution >= 4 is 5.78 Å². The third-order valence-corrected chi connectivity index (χ3v) is 5.72. The van der Waals surface area contributed by atoms with Crippen LogP contribution in [0.5, 0.6) is 0 Å². The highest BCUT2D eigenvalue weighted by Gasteiger charge is 2.66. The van der Waals surface area contributed by atoms with Crippen LogP contribution in [-0.2, 0) is 42.7 Å². The first kappa shape index (κ1) is 27.7. The van der Waals surface area contributed by atoms with Crippen molar-refractivity contribution < 1.29 is 55.9 Å². The van der Waals surface area contributed by atoms with E-state index in [9.17, 15) is 18.0 Å². The lowest BCUT2D eigenvalue weighted by molar-refractivity contribution is -0.229. The molecule has 5 atom stereocenters. The van der Waals surface area contributed by atoms with Crippen molar-refractivity contribution in [3.8, 4) is 0 Å². The van der Waals surface area contributed by atoms with Crippen molar-refractivity contribution in [3.05, 3.63) is 0 Å². The Morgan fingerprint density at radius 3 is 2.12 bits per heavy atom. The molecule has 0 unspecified atom stereocenters. The summed E-state index contributed by atoms with van der Waals surface area (Å²) in [6.45, 7) is 6.72. The second-order valence-electron chi connectivity index (χ2n) is 8.85. The summed E-state index contributed by atoms with van der Waals surface area (Å²) < 4.78 is 83.8. The number of nitrogens with two attached hydrogens (primary N) is 1.